The van der Waals surface area contributed by atoms with E-state index in [9.17, 15) is 14.4 Å². The third kappa shape index (κ3) is 1.51. The van der Waals surface area contributed by atoms with Crippen LogP contribution in [-0.4, -0.2) is 47.2 Å². The molecular weight excluding hydrogens is 220 g/mol. The monoisotopic (exact) mass is 230 g/mol. The summed E-state index contributed by atoms with van der Waals surface area (Å²) in [6.07, 6.45) is 0. The van der Waals surface area contributed by atoms with Gasteiger partial charge in [-0.3, -0.25) is 19.3 Å². The second-order valence-corrected chi connectivity index (χ2v) is 4.12. The molecular formula is C12H10N2O3. The molecule has 0 bridgehead atoms. The molecule has 5 heteroatoms. The fraction of sp³-hybridized carbons (Fsp3) is 0.250. The summed E-state index contributed by atoms with van der Waals surface area (Å²) in [7, 11) is 0. The number of imide groups is 1. The Labute approximate surface area is 97.6 Å². The highest BCUT2D eigenvalue weighted by molar-refractivity contribution is 6.22. The molecule has 86 valence electrons. The van der Waals surface area contributed by atoms with Gasteiger partial charge in [-0.05, 0) is 12.1 Å². The summed E-state index contributed by atoms with van der Waals surface area (Å²) in [6.45, 7) is 1.30. The van der Waals surface area contributed by atoms with Crippen molar-refractivity contribution in [3.05, 3.63) is 35.4 Å². The first-order valence-electron chi connectivity index (χ1n) is 5.41. The van der Waals surface area contributed by atoms with E-state index in [4.69, 9.17) is 0 Å². The molecule has 0 saturated carbocycles. The lowest BCUT2D eigenvalue weighted by molar-refractivity contribution is -0.126. The number of fused-ring (bicyclic) bond motifs is 1. The van der Waals surface area contributed by atoms with Gasteiger partial charge < -0.3 is 4.90 Å². The van der Waals surface area contributed by atoms with Crippen LogP contribution in [0.4, 0.5) is 0 Å². The van der Waals surface area contributed by atoms with Crippen LogP contribution in [0.3, 0.4) is 0 Å². The summed E-state index contributed by atoms with van der Waals surface area (Å²) in [5.41, 5.74) is 0.771. The van der Waals surface area contributed by atoms with Crippen LogP contribution in [0, 0.1) is 0 Å². The van der Waals surface area contributed by atoms with Gasteiger partial charge >= 0.3 is 0 Å². The van der Waals surface area contributed by atoms with Crippen molar-refractivity contribution in [2.24, 2.45) is 0 Å². The highest BCUT2D eigenvalue weighted by Gasteiger charge is 2.38. The van der Waals surface area contributed by atoms with Gasteiger partial charge in [-0.2, -0.15) is 0 Å². The van der Waals surface area contributed by atoms with Crippen molar-refractivity contribution in [1.29, 1.82) is 0 Å². The SMILES string of the molecule is O=C(CN1C(=O)c2ccccc2C1=O)N1CC1. The smallest absolute Gasteiger partial charge is 0.262 e. The first-order chi connectivity index (χ1) is 8.18. The van der Waals surface area contributed by atoms with Crippen LogP contribution in [0.1, 0.15) is 20.7 Å². The fourth-order valence-electron chi connectivity index (χ4n) is 1.92. The van der Waals surface area contributed by atoms with Crippen LogP contribution in [-0.2, 0) is 4.79 Å². The number of carbonyl (C=O) groups excluding carboxylic acids is 3. The summed E-state index contributed by atoms with van der Waals surface area (Å²) in [5, 5.41) is 0. The molecule has 0 aliphatic carbocycles. The molecule has 3 amide bonds. The number of hydrogen-bond acceptors (Lipinski definition) is 3. The van der Waals surface area contributed by atoms with Gasteiger partial charge in [0, 0.05) is 13.1 Å². The lowest BCUT2D eigenvalue weighted by atomic mass is 10.1. The van der Waals surface area contributed by atoms with Crippen molar-refractivity contribution in [3.8, 4) is 0 Å². The zero-order valence-electron chi connectivity index (χ0n) is 9.05. The van der Waals surface area contributed by atoms with E-state index < -0.39 is 0 Å². The topological polar surface area (TPSA) is 57.5 Å². The Kier molecular flexibility index (Phi) is 2.01. The molecule has 0 N–H and O–H groups in total. The summed E-state index contributed by atoms with van der Waals surface area (Å²) in [5.74, 6) is -0.916. The molecule has 1 fully saturated rings. The summed E-state index contributed by atoms with van der Waals surface area (Å²) in [6, 6.07) is 6.63. The highest BCUT2D eigenvalue weighted by atomic mass is 16.2. The van der Waals surface area contributed by atoms with E-state index in [1.807, 2.05) is 0 Å². The van der Waals surface area contributed by atoms with E-state index in [-0.39, 0.29) is 24.3 Å². The van der Waals surface area contributed by atoms with Crippen molar-refractivity contribution in [3.63, 3.8) is 0 Å². The molecule has 3 rings (SSSR count). The number of carbonyl (C=O) groups is 3. The van der Waals surface area contributed by atoms with Crippen molar-refractivity contribution >= 4 is 17.7 Å². The molecule has 17 heavy (non-hydrogen) atoms. The Morgan fingerprint density at radius 1 is 1.06 bits per heavy atom. The fourth-order valence-corrected chi connectivity index (χ4v) is 1.92. The van der Waals surface area contributed by atoms with Gasteiger partial charge in [-0.25, -0.2) is 0 Å². The maximum Gasteiger partial charge on any atom is 0.262 e. The minimum Gasteiger partial charge on any atom is -0.338 e. The summed E-state index contributed by atoms with van der Waals surface area (Å²) >= 11 is 0. The Hall–Kier alpha value is -2.17. The molecule has 0 unspecified atom stereocenters. The molecule has 0 aromatic heterocycles. The first-order valence-corrected chi connectivity index (χ1v) is 5.41. The third-order valence-corrected chi connectivity index (χ3v) is 2.97. The molecule has 0 atom stereocenters. The van der Waals surface area contributed by atoms with Crippen LogP contribution in [0.2, 0.25) is 0 Å². The Bertz CT molecular complexity index is 499. The van der Waals surface area contributed by atoms with Gasteiger partial charge in [0.1, 0.15) is 6.54 Å². The van der Waals surface area contributed by atoms with Gasteiger partial charge in [-0.15, -0.1) is 0 Å². The molecule has 2 aliphatic heterocycles. The lowest BCUT2D eigenvalue weighted by Crippen LogP contribution is -2.37. The van der Waals surface area contributed by atoms with Gasteiger partial charge in [0.05, 0.1) is 11.1 Å². The van der Waals surface area contributed by atoms with Crippen LogP contribution in [0.5, 0.6) is 0 Å². The summed E-state index contributed by atoms with van der Waals surface area (Å²) < 4.78 is 0. The molecule has 1 aromatic carbocycles. The third-order valence-electron chi connectivity index (χ3n) is 2.97. The molecule has 5 nitrogen and oxygen atoms in total. The largest absolute Gasteiger partial charge is 0.338 e. The predicted molar refractivity (Wildman–Crippen MR) is 58.4 cm³/mol. The number of nitrogens with zero attached hydrogens (tertiary/aromatic N) is 2. The molecule has 0 spiro atoms. The van der Waals surface area contributed by atoms with E-state index >= 15 is 0 Å². The number of rotatable bonds is 2. The van der Waals surface area contributed by atoms with Crippen molar-refractivity contribution in [2.45, 2.75) is 0 Å². The van der Waals surface area contributed by atoms with Gasteiger partial charge in [0.15, 0.2) is 0 Å². The second kappa shape index (κ2) is 3.41. The summed E-state index contributed by atoms with van der Waals surface area (Å²) in [4.78, 5) is 38.0. The van der Waals surface area contributed by atoms with Crippen LogP contribution in [0.15, 0.2) is 24.3 Å². The number of hydrogen-bond donors (Lipinski definition) is 0. The highest BCUT2D eigenvalue weighted by Crippen LogP contribution is 2.22. The van der Waals surface area contributed by atoms with E-state index in [2.05, 4.69) is 0 Å². The van der Waals surface area contributed by atoms with E-state index in [1.54, 1.807) is 29.2 Å². The average molecular weight is 230 g/mol. The minimum atomic E-state index is -0.374. The standard InChI is InChI=1S/C12H10N2O3/c15-10(13-5-6-13)7-14-11(16)8-3-1-2-4-9(8)12(14)17/h1-4H,5-7H2. The van der Waals surface area contributed by atoms with Gasteiger partial charge in [0.25, 0.3) is 11.8 Å². The van der Waals surface area contributed by atoms with Crippen LogP contribution in [0.25, 0.3) is 0 Å². The molecule has 1 saturated heterocycles. The molecule has 0 radical (unpaired) electrons. The molecule has 1 aromatic rings. The maximum absolute atomic E-state index is 11.9. The first kappa shape index (κ1) is 10.0. The lowest BCUT2D eigenvalue weighted by Gasteiger charge is -2.12. The van der Waals surface area contributed by atoms with E-state index in [0.717, 1.165) is 18.0 Å². The predicted octanol–water partition coefficient (Wildman–Crippen LogP) is 0.125. The average Bonchev–Trinajstić information content (AvgIpc) is 3.15. The molecule has 2 aliphatic rings. The van der Waals surface area contributed by atoms with Gasteiger partial charge in [-0.1, -0.05) is 12.1 Å². The van der Waals surface area contributed by atoms with Gasteiger partial charge in [0.2, 0.25) is 5.91 Å². The normalized spacial score (nSPS) is 17.4. The molecule has 2 heterocycles. The zero-order chi connectivity index (χ0) is 12.0. The van der Waals surface area contributed by atoms with Crippen LogP contribution < -0.4 is 0 Å². The van der Waals surface area contributed by atoms with Crippen molar-refractivity contribution in [1.82, 2.24) is 9.80 Å². The van der Waals surface area contributed by atoms with E-state index in [1.165, 1.54) is 0 Å². The Morgan fingerprint density at radius 3 is 2.06 bits per heavy atom. The van der Waals surface area contributed by atoms with E-state index in [0.29, 0.717) is 11.1 Å². The Balaban J connectivity index is 1.87. The Morgan fingerprint density at radius 2 is 1.59 bits per heavy atom. The second-order valence-electron chi connectivity index (χ2n) is 4.12. The zero-order valence-corrected chi connectivity index (χ0v) is 9.05. The van der Waals surface area contributed by atoms with Crippen LogP contribution >= 0.6 is 0 Å². The maximum atomic E-state index is 11.9. The van der Waals surface area contributed by atoms with Crippen molar-refractivity contribution < 1.29 is 14.4 Å². The number of amides is 3. The number of benzene rings is 1. The minimum absolute atomic E-state index is 0.146. The quantitative estimate of drug-likeness (QED) is 0.536. The van der Waals surface area contributed by atoms with Crippen molar-refractivity contribution in [2.75, 3.05) is 19.6 Å².